The Morgan fingerprint density at radius 1 is 1.42 bits per heavy atom. The minimum absolute atomic E-state index is 0.00733. The molecule has 1 amide bonds. The van der Waals surface area contributed by atoms with E-state index in [1.165, 1.54) is 6.07 Å². The minimum atomic E-state index is -0.466. The fraction of sp³-hybridized carbons (Fsp3) is 0.429. The average molecular weight is 330 g/mol. The zero-order valence-corrected chi connectivity index (χ0v) is 12.4. The zero-order valence-electron chi connectivity index (χ0n) is 10.8. The van der Waals surface area contributed by atoms with Gasteiger partial charge in [0.1, 0.15) is 11.6 Å². The largest absolute Gasteiger partial charge is 0.369 e. The highest BCUT2D eigenvalue weighted by molar-refractivity contribution is 9.10. The molecule has 0 fully saturated rings. The molecule has 1 rings (SSSR count). The molecule has 0 aliphatic heterocycles. The van der Waals surface area contributed by atoms with Crippen molar-refractivity contribution in [2.45, 2.75) is 32.6 Å². The van der Waals surface area contributed by atoms with Crippen molar-refractivity contribution in [2.75, 3.05) is 0 Å². The molecule has 0 aliphatic rings. The molecule has 5 heteroatoms. The van der Waals surface area contributed by atoms with Crippen molar-refractivity contribution in [3.8, 4) is 0 Å². The Hall–Kier alpha value is -1.23. The van der Waals surface area contributed by atoms with Gasteiger partial charge in [0.05, 0.1) is 0 Å². The minimum Gasteiger partial charge on any atom is -0.369 e. The molecule has 0 saturated carbocycles. The molecule has 0 aromatic heterocycles. The third kappa shape index (κ3) is 5.11. The maximum absolute atomic E-state index is 13.6. The summed E-state index contributed by atoms with van der Waals surface area (Å²) in [6.07, 6.45) is 1.45. The van der Waals surface area contributed by atoms with Gasteiger partial charge in [0.2, 0.25) is 5.91 Å². The average Bonchev–Trinajstić information content (AvgIpc) is 2.32. The summed E-state index contributed by atoms with van der Waals surface area (Å²) in [4.78, 5) is 23.0. The number of amides is 1. The summed E-state index contributed by atoms with van der Waals surface area (Å²) in [6.45, 7) is 1.93. The van der Waals surface area contributed by atoms with E-state index in [-0.39, 0.29) is 18.6 Å². The number of carbonyl (C=O) groups is 2. The summed E-state index contributed by atoms with van der Waals surface area (Å²) >= 11 is 3.16. The molecule has 2 N–H and O–H groups in total. The number of nitrogens with two attached hydrogens (primary N) is 1. The molecule has 0 aliphatic carbocycles. The molecule has 3 nitrogen and oxygen atoms in total. The van der Waals surface area contributed by atoms with Crippen LogP contribution in [-0.2, 0) is 16.0 Å². The van der Waals surface area contributed by atoms with Gasteiger partial charge in [-0.1, -0.05) is 35.3 Å². The highest BCUT2D eigenvalue weighted by Crippen LogP contribution is 2.18. The Morgan fingerprint density at radius 3 is 2.63 bits per heavy atom. The maximum atomic E-state index is 13.6. The van der Waals surface area contributed by atoms with Crippen LogP contribution in [-0.4, -0.2) is 11.7 Å². The van der Waals surface area contributed by atoms with Crippen molar-refractivity contribution in [3.63, 3.8) is 0 Å². The lowest BCUT2D eigenvalue weighted by Gasteiger charge is -2.11. The summed E-state index contributed by atoms with van der Waals surface area (Å²) in [7, 11) is 0. The lowest BCUT2D eigenvalue weighted by molar-refractivity contribution is -0.127. The van der Waals surface area contributed by atoms with Gasteiger partial charge in [-0.15, -0.1) is 0 Å². The third-order valence-corrected chi connectivity index (χ3v) is 3.41. The smallest absolute Gasteiger partial charge is 0.220 e. The van der Waals surface area contributed by atoms with E-state index in [9.17, 15) is 14.0 Å². The summed E-state index contributed by atoms with van der Waals surface area (Å²) in [5.41, 5.74) is 5.58. The number of halogens is 2. The second-order valence-electron chi connectivity index (χ2n) is 4.54. The number of ketones is 1. The number of carbonyl (C=O) groups excluding carboxylic acids is 2. The van der Waals surface area contributed by atoms with Crippen LogP contribution in [0.2, 0.25) is 0 Å². The molecule has 1 aromatic rings. The molecular formula is C14H17BrFNO2. The number of Topliss-reactive ketones (excluding diaryl/α,β-unsaturated/α-hetero) is 1. The molecule has 0 spiro atoms. The second kappa shape index (κ2) is 7.38. The Labute approximate surface area is 120 Å². The first-order chi connectivity index (χ1) is 8.93. The first kappa shape index (κ1) is 15.8. The molecule has 0 bridgehead atoms. The van der Waals surface area contributed by atoms with Gasteiger partial charge in [-0.25, -0.2) is 4.39 Å². The first-order valence-corrected chi connectivity index (χ1v) is 6.98. The lowest BCUT2D eigenvalue weighted by atomic mass is 9.94. The fourth-order valence-electron chi connectivity index (χ4n) is 1.92. The first-order valence-electron chi connectivity index (χ1n) is 6.19. The van der Waals surface area contributed by atoms with Crippen LogP contribution in [0.3, 0.4) is 0 Å². The Bertz CT molecular complexity index is 477. The molecular weight excluding hydrogens is 313 g/mol. The van der Waals surface area contributed by atoms with Crippen LogP contribution in [0.5, 0.6) is 0 Å². The number of hydrogen-bond donors (Lipinski definition) is 1. The van der Waals surface area contributed by atoms with E-state index < -0.39 is 17.6 Å². The predicted molar refractivity (Wildman–Crippen MR) is 75.0 cm³/mol. The van der Waals surface area contributed by atoms with Gasteiger partial charge in [0.25, 0.3) is 0 Å². The van der Waals surface area contributed by atoms with Crippen LogP contribution in [0.25, 0.3) is 0 Å². The third-order valence-electron chi connectivity index (χ3n) is 2.92. The lowest BCUT2D eigenvalue weighted by Crippen LogP contribution is -2.26. The zero-order chi connectivity index (χ0) is 14.4. The van der Waals surface area contributed by atoms with Gasteiger partial charge in [0.15, 0.2) is 0 Å². The van der Waals surface area contributed by atoms with Gasteiger partial charge in [-0.3, -0.25) is 9.59 Å². The quantitative estimate of drug-likeness (QED) is 0.835. The van der Waals surface area contributed by atoms with E-state index in [0.717, 1.165) is 6.42 Å². The van der Waals surface area contributed by atoms with E-state index in [4.69, 9.17) is 5.73 Å². The summed E-state index contributed by atoms with van der Waals surface area (Å²) in [5, 5.41) is 0. The Kier molecular flexibility index (Phi) is 6.15. The van der Waals surface area contributed by atoms with E-state index in [1.54, 1.807) is 12.1 Å². The monoisotopic (exact) mass is 329 g/mol. The highest BCUT2D eigenvalue weighted by Gasteiger charge is 2.19. The second-order valence-corrected chi connectivity index (χ2v) is 5.46. The topological polar surface area (TPSA) is 60.2 Å². The highest BCUT2D eigenvalue weighted by atomic mass is 79.9. The molecule has 0 saturated heterocycles. The normalized spacial score (nSPS) is 12.2. The molecule has 0 heterocycles. The van der Waals surface area contributed by atoms with Gasteiger partial charge < -0.3 is 5.73 Å². The standard InChI is InChI=1S/C14H17BrFNO2/c1-2-3-10(14(17)19)7-12(18)6-9-4-5-11(15)8-13(9)16/h4-5,8,10H,2-3,6-7H2,1H3,(H2,17,19)/t10-/m1/s1. The molecule has 0 radical (unpaired) electrons. The number of benzene rings is 1. The molecule has 1 aromatic carbocycles. The molecule has 1 atom stereocenters. The fourth-order valence-corrected chi connectivity index (χ4v) is 2.25. The van der Waals surface area contributed by atoms with E-state index in [1.807, 2.05) is 6.92 Å². The van der Waals surface area contributed by atoms with Crippen LogP contribution in [0.1, 0.15) is 31.7 Å². The number of rotatable bonds is 7. The van der Waals surface area contributed by atoms with Gasteiger partial charge in [0, 0.05) is 23.2 Å². The van der Waals surface area contributed by atoms with Crippen molar-refractivity contribution in [3.05, 3.63) is 34.1 Å². The maximum Gasteiger partial charge on any atom is 0.220 e. The molecule has 19 heavy (non-hydrogen) atoms. The van der Waals surface area contributed by atoms with Crippen LogP contribution in [0, 0.1) is 11.7 Å². The van der Waals surface area contributed by atoms with E-state index in [2.05, 4.69) is 15.9 Å². The van der Waals surface area contributed by atoms with Crippen molar-refractivity contribution < 1.29 is 14.0 Å². The van der Waals surface area contributed by atoms with E-state index >= 15 is 0 Å². The van der Waals surface area contributed by atoms with Crippen molar-refractivity contribution in [1.29, 1.82) is 0 Å². The van der Waals surface area contributed by atoms with Gasteiger partial charge in [-0.05, 0) is 24.1 Å². The van der Waals surface area contributed by atoms with Gasteiger partial charge in [-0.2, -0.15) is 0 Å². The van der Waals surface area contributed by atoms with Gasteiger partial charge >= 0.3 is 0 Å². The molecule has 104 valence electrons. The summed E-state index contributed by atoms with van der Waals surface area (Å²) < 4.78 is 14.2. The van der Waals surface area contributed by atoms with Crippen molar-refractivity contribution in [2.24, 2.45) is 11.7 Å². The number of primary amides is 1. The van der Waals surface area contributed by atoms with Crippen LogP contribution < -0.4 is 5.73 Å². The van der Waals surface area contributed by atoms with Crippen LogP contribution >= 0.6 is 15.9 Å². The van der Waals surface area contributed by atoms with Crippen LogP contribution in [0.15, 0.2) is 22.7 Å². The molecule has 0 unspecified atom stereocenters. The van der Waals surface area contributed by atoms with Crippen LogP contribution in [0.4, 0.5) is 4.39 Å². The summed E-state index contributed by atoms with van der Waals surface area (Å²) in [6, 6.07) is 4.57. The van der Waals surface area contributed by atoms with Crippen molar-refractivity contribution in [1.82, 2.24) is 0 Å². The predicted octanol–water partition coefficient (Wildman–Crippen LogP) is 2.99. The van der Waals surface area contributed by atoms with Crippen molar-refractivity contribution >= 4 is 27.6 Å². The Morgan fingerprint density at radius 2 is 2.11 bits per heavy atom. The Balaban J connectivity index is 2.66. The van der Waals surface area contributed by atoms with E-state index in [0.29, 0.717) is 16.5 Å². The summed E-state index contributed by atoms with van der Waals surface area (Å²) in [5.74, 6) is -1.50. The number of hydrogen-bond acceptors (Lipinski definition) is 2. The SMILES string of the molecule is CCC[C@H](CC(=O)Cc1ccc(Br)cc1F)C(N)=O.